The fourth-order valence-electron chi connectivity index (χ4n) is 2.78. The van der Waals surface area contributed by atoms with Gasteiger partial charge in [0.25, 0.3) is 0 Å². The standard InChI is InChI=1S/C16H25NO3S/c1-9-10(2)12(4)16(13(5)11(9)3)21(19,20)17-8-15(18)14-6-7-14/h14-15,17-18H,6-8H2,1-5H3. The van der Waals surface area contributed by atoms with Crippen molar-refractivity contribution in [3.63, 3.8) is 0 Å². The minimum atomic E-state index is -3.59. The number of nitrogens with one attached hydrogen (secondary N) is 1. The van der Waals surface area contributed by atoms with Crippen LogP contribution >= 0.6 is 0 Å². The van der Waals surface area contributed by atoms with Crippen molar-refractivity contribution in [3.05, 3.63) is 27.8 Å². The minimum absolute atomic E-state index is 0.0951. The maximum Gasteiger partial charge on any atom is 0.241 e. The molecule has 0 aliphatic heterocycles. The highest BCUT2D eigenvalue weighted by atomic mass is 32.2. The van der Waals surface area contributed by atoms with Crippen LogP contribution in [0.4, 0.5) is 0 Å². The van der Waals surface area contributed by atoms with Crippen LogP contribution in [0.2, 0.25) is 0 Å². The normalized spacial score (nSPS) is 17.0. The molecule has 0 bridgehead atoms. The number of benzene rings is 1. The Bertz CT molecular complexity index is 632. The molecule has 0 amide bonds. The molecule has 2 rings (SSSR count). The second-order valence-corrected chi connectivity index (χ2v) is 7.91. The smallest absolute Gasteiger partial charge is 0.241 e. The molecule has 0 saturated heterocycles. The Morgan fingerprint density at radius 2 is 1.43 bits per heavy atom. The van der Waals surface area contributed by atoms with Crippen LogP contribution < -0.4 is 4.72 Å². The van der Waals surface area contributed by atoms with Gasteiger partial charge in [-0.05, 0) is 81.2 Å². The van der Waals surface area contributed by atoms with Gasteiger partial charge >= 0.3 is 0 Å². The van der Waals surface area contributed by atoms with E-state index in [4.69, 9.17) is 0 Å². The van der Waals surface area contributed by atoms with E-state index in [0.29, 0.717) is 4.90 Å². The molecule has 4 nitrogen and oxygen atoms in total. The molecule has 0 radical (unpaired) electrons. The van der Waals surface area contributed by atoms with Crippen LogP contribution in [0, 0.1) is 40.5 Å². The molecule has 0 aromatic heterocycles. The average Bonchev–Trinajstić information content (AvgIpc) is 3.25. The monoisotopic (exact) mass is 311 g/mol. The third-order valence-electron chi connectivity index (χ3n) is 4.85. The van der Waals surface area contributed by atoms with Gasteiger partial charge < -0.3 is 5.11 Å². The Balaban J connectivity index is 2.35. The summed E-state index contributed by atoms with van der Waals surface area (Å²) in [5, 5.41) is 9.86. The fraction of sp³-hybridized carbons (Fsp3) is 0.625. The maximum atomic E-state index is 12.6. The highest BCUT2D eigenvalue weighted by molar-refractivity contribution is 7.89. The topological polar surface area (TPSA) is 66.4 Å². The zero-order valence-corrected chi connectivity index (χ0v) is 14.3. The lowest BCUT2D eigenvalue weighted by Crippen LogP contribution is -2.34. The molecule has 1 unspecified atom stereocenters. The van der Waals surface area contributed by atoms with Gasteiger partial charge in [0.1, 0.15) is 0 Å². The molecular weight excluding hydrogens is 286 g/mol. The summed E-state index contributed by atoms with van der Waals surface area (Å²) in [4.78, 5) is 0.367. The van der Waals surface area contributed by atoms with Gasteiger partial charge in [0.2, 0.25) is 10.0 Å². The molecule has 1 aromatic carbocycles. The summed E-state index contributed by atoms with van der Waals surface area (Å²) in [7, 11) is -3.59. The summed E-state index contributed by atoms with van der Waals surface area (Å²) in [6.45, 7) is 9.72. The van der Waals surface area contributed by atoms with Crippen LogP contribution in [0.15, 0.2) is 4.90 Å². The quantitative estimate of drug-likeness (QED) is 0.876. The lowest BCUT2D eigenvalue weighted by Gasteiger charge is -2.19. The van der Waals surface area contributed by atoms with Gasteiger partial charge in [0.05, 0.1) is 11.0 Å². The first-order valence-corrected chi connectivity index (χ1v) is 8.89. The van der Waals surface area contributed by atoms with E-state index >= 15 is 0 Å². The van der Waals surface area contributed by atoms with Crippen molar-refractivity contribution in [2.24, 2.45) is 5.92 Å². The van der Waals surface area contributed by atoms with Gasteiger partial charge in [-0.2, -0.15) is 0 Å². The van der Waals surface area contributed by atoms with Crippen molar-refractivity contribution in [3.8, 4) is 0 Å². The summed E-state index contributed by atoms with van der Waals surface area (Å²) in [5.41, 5.74) is 4.76. The summed E-state index contributed by atoms with van der Waals surface area (Å²) < 4.78 is 27.8. The van der Waals surface area contributed by atoms with Crippen LogP contribution in [0.1, 0.15) is 40.7 Å². The van der Waals surface area contributed by atoms with Crippen LogP contribution in [0.25, 0.3) is 0 Å². The number of hydrogen-bond donors (Lipinski definition) is 2. The Kier molecular flexibility index (Phi) is 4.47. The maximum absolute atomic E-state index is 12.6. The second-order valence-electron chi connectivity index (χ2n) is 6.21. The number of hydrogen-bond acceptors (Lipinski definition) is 3. The van der Waals surface area contributed by atoms with E-state index < -0.39 is 16.1 Å². The van der Waals surface area contributed by atoms with Crippen molar-refractivity contribution in [2.75, 3.05) is 6.54 Å². The van der Waals surface area contributed by atoms with Crippen LogP contribution in [0.5, 0.6) is 0 Å². The van der Waals surface area contributed by atoms with E-state index in [1.807, 2.05) is 34.6 Å². The van der Waals surface area contributed by atoms with E-state index in [1.54, 1.807) is 0 Å². The lowest BCUT2D eigenvalue weighted by atomic mass is 9.95. The fourth-order valence-corrected chi connectivity index (χ4v) is 4.43. The van der Waals surface area contributed by atoms with E-state index in [1.165, 1.54) is 0 Å². The molecule has 0 spiro atoms. The second kappa shape index (κ2) is 5.71. The van der Waals surface area contributed by atoms with Crippen molar-refractivity contribution < 1.29 is 13.5 Å². The predicted molar refractivity (Wildman–Crippen MR) is 84.0 cm³/mol. The number of aliphatic hydroxyl groups is 1. The SMILES string of the molecule is Cc1c(C)c(C)c(S(=O)(=O)NCC(O)C2CC2)c(C)c1C. The first kappa shape index (κ1) is 16.5. The van der Waals surface area contributed by atoms with Crippen molar-refractivity contribution in [1.29, 1.82) is 0 Å². The molecule has 1 aromatic rings. The van der Waals surface area contributed by atoms with E-state index in [0.717, 1.165) is 40.7 Å². The molecule has 1 aliphatic carbocycles. The lowest BCUT2D eigenvalue weighted by molar-refractivity contribution is 0.155. The highest BCUT2D eigenvalue weighted by Gasteiger charge is 2.31. The largest absolute Gasteiger partial charge is 0.391 e. The van der Waals surface area contributed by atoms with E-state index in [9.17, 15) is 13.5 Å². The van der Waals surface area contributed by atoms with Crippen LogP contribution in [-0.4, -0.2) is 26.2 Å². The van der Waals surface area contributed by atoms with Gasteiger partial charge in [-0.25, -0.2) is 13.1 Å². The summed E-state index contributed by atoms with van der Waals surface area (Å²) >= 11 is 0. The van der Waals surface area contributed by atoms with E-state index in [2.05, 4.69) is 4.72 Å². The van der Waals surface area contributed by atoms with Crippen molar-refractivity contribution >= 4 is 10.0 Å². The van der Waals surface area contributed by atoms with Gasteiger partial charge in [0, 0.05) is 6.54 Å². The average molecular weight is 311 g/mol. The summed E-state index contributed by atoms with van der Waals surface area (Å²) in [6, 6.07) is 0. The molecule has 1 aliphatic rings. The highest BCUT2D eigenvalue weighted by Crippen LogP contribution is 2.33. The molecule has 1 atom stereocenters. The molecule has 5 heteroatoms. The van der Waals surface area contributed by atoms with Gasteiger partial charge in [-0.15, -0.1) is 0 Å². The predicted octanol–water partition coefficient (Wildman–Crippen LogP) is 2.28. The zero-order valence-electron chi connectivity index (χ0n) is 13.4. The van der Waals surface area contributed by atoms with Crippen molar-refractivity contribution in [1.82, 2.24) is 4.72 Å². The Hall–Kier alpha value is -0.910. The third-order valence-corrected chi connectivity index (χ3v) is 6.55. The minimum Gasteiger partial charge on any atom is -0.391 e. The molecule has 118 valence electrons. The van der Waals surface area contributed by atoms with E-state index in [-0.39, 0.29) is 12.5 Å². The number of sulfonamides is 1. The summed E-state index contributed by atoms with van der Waals surface area (Å²) in [6.07, 6.45) is 1.40. The molecule has 0 heterocycles. The van der Waals surface area contributed by atoms with Crippen molar-refractivity contribution in [2.45, 2.75) is 58.5 Å². The van der Waals surface area contributed by atoms with Gasteiger partial charge in [-0.3, -0.25) is 0 Å². The molecule has 2 N–H and O–H groups in total. The van der Waals surface area contributed by atoms with Crippen LogP contribution in [0.3, 0.4) is 0 Å². The first-order valence-electron chi connectivity index (χ1n) is 7.41. The number of aliphatic hydroxyl groups excluding tert-OH is 1. The molecule has 1 saturated carbocycles. The molecule has 1 fully saturated rings. The molecule has 21 heavy (non-hydrogen) atoms. The summed E-state index contributed by atoms with van der Waals surface area (Å²) in [5.74, 6) is 0.261. The zero-order chi connectivity index (χ0) is 15.9. The number of rotatable bonds is 5. The Morgan fingerprint density at radius 1 is 1.00 bits per heavy atom. The first-order chi connectivity index (χ1) is 9.66. The Morgan fingerprint density at radius 3 is 1.86 bits per heavy atom. The molecular formula is C16H25NO3S. The van der Waals surface area contributed by atoms with Gasteiger partial charge in [0.15, 0.2) is 0 Å². The Labute approximate surface area is 127 Å². The van der Waals surface area contributed by atoms with Crippen LogP contribution in [-0.2, 0) is 10.0 Å². The van der Waals surface area contributed by atoms with Gasteiger partial charge in [-0.1, -0.05) is 0 Å². The third kappa shape index (κ3) is 3.15.